The lowest BCUT2D eigenvalue weighted by atomic mass is 9.97. The molecular formula is C11H9ClFNO. The first-order chi connectivity index (χ1) is 7.10. The molecule has 4 heteroatoms. The summed E-state index contributed by atoms with van der Waals surface area (Å²) >= 11 is 5.54. The van der Waals surface area contributed by atoms with Gasteiger partial charge in [-0.1, -0.05) is 18.5 Å². The molecule has 0 aliphatic rings. The van der Waals surface area contributed by atoms with Gasteiger partial charge in [-0.05, 0) is 24.6 Å². The normalized spacial score (nSPS) is 11.9. The lowest BCUT2D eigenvalue weighted by Gasteiger charge is -2.05. The van der Waals surface area contributed by atoms with Crippen molar-refractivity contribution in [3.05, 3.63) is 34.6 Å². The van der Waals surface area contributed by atoms with Gasteiger partial charge in [-0.15, -0.1) is 0 Å². The summed E-state index contributed by atoms with van der Waals surface area (Å²) in [6, 6.07) is 5.61. The van der Waals surface area contributed by atoms with Crippen LogP contribution in [0.5, 0.6) is 0 Å². The molecule has 1 atom stereocenters. The van der Waals surface area contributed by atoms with E-state index >= 15 is 0 Å². The second kappa shape index (κ2) is 4.90. The Morgan fingerprint density at radius 2 is 2.33 bits per heavy atom. The number of hydrogen-bond donors (Lipinski definition) is 0. The zero-order valence-electron chi connectivity index (χ0n) is 8.13. The Morgan fingerprint density at radius 3 is 2.80 bits per heavy atom. The smallest absolute Gasteiger partial charge is 0.180 e. The number of nitrogens with zero attached hydrogens (tertiary/aromatic N) is 1. The molecule has 0 N–H and O–H groups in total. The monoisotopic (exact) mass is 225 g/mol. The van der Waals surface area contributed by atoms with Gasteiger partial charge >= 0.3 is 0 Å². The Kier molecular flexibility index (Phi) is 3.81. The first-order valence-electron chi connectivity index (χ1n) is 4.49. The number of nitriles is 1. The van der Waals surface area contributed by atoms with E-state index in [4.69, 9.17) is 16.9 Å². The minimum absolute atomic E-state index is 0.103. The largest absolute Gasteiger partial charge is 0.293 e. The van der Waals surface area contributed by atoms with Gasteiger partial charge in [0.25, 0.3) is 0 Å². The van der Waals surface area contributed by atoms with Crippen LogP contribution in [0.2, 0.25) is 5.02 Å². The minimum atomic E-state index is -0.688. The minimum Gasteiger partial charge on any atom is -0.293 e. The predicted molar refractivity (Wildman–Crippen MR) is 55.1 cm³/mol. The van der Waals surface area contributed by atoms with Crippen LogP contribution in [-0.2, 0) is 0 Å². The van der Waals surface area contributed by atoms with Crippen molar-refractivity contribution in [3.63, 3.8) is 0 Å². The highest BCUT2D eigenvalue weighted by Crippen LogP contribution is 2.19. The molecule has 0 saturated carbocycles. The van der Waals surface area contributed by atoms with E-state index in [1.807, 2.05) is 6.07 Å². The number of Topliss-reactive ketones (excluding diaryl/α,β-unsaturated/α-hetero) is 1. The highest BCUT2D eigenvalue weighted by molar-refractivity contribution is 6.31. The van der Waals surface area contributed by atoms with Crippen LogP contribution in [-0.4, -0.2) is 5.78 Å². The maximum atomic E-state index is 12.8. The molecule has 0 aliphatic heterocycles. The number of carbonyl (C=O) groups excluding carboxylic acids is 1. The number of halogens is 2. The molecule has 1 rings (SSSR count). The molecule has 78 valence electrons. The standard InChI is InChI=1S/C11H9ClFNO/c1-2-7(6-14)11(15)8-3-4-10(13)9(12)5-8/h3-5,7H,2H2,1H3. The molecule has 0 bridgehead atoms. The van der Waals surface area contributed by atoms with Gasteiger partial charge in [-0.25, -0.2) is 4.39 Å². The fourth-order valence-corrected chi connectivity index (χ4v) is 1.37. The molecule has 0 aromatic heterocycles. The van der Waals surface area contributed by atoms with Crippen molar-refractivity contribution >= 4 is 17.4 Å². The van der Waals surface area contributed by atoms with Gasteiger partial charge in [-0.3, -0.25) is 4.79 Å². The first kappa shape index (κ1) is 11.7. The molecule has 0 heterocycles. The van der Waals surface area contributed by atoms with Crippen molar-refractivity contribution in [2.24, 2.45) is 5.92 Å². The zero-order chi connectivity index (χ0) is 11.4. The Hall–Kier alpha value is -1.40. The third-order valence-corrected chi connectivity index (χ3v) is 2.37. The SMILES string of the molecule is CCC(C#N)C(=O)c1ccc(F)c(Cl)c1. The fourth-order valence-electron chi connectivity index (χ4n) is 1.19. The van der Waals surface area contributed by atoms with E-state index in [2.05, 4.69) is 0 Å². The van der Waals surface area contributed by atoms with Gasteiger partial charge in [0.2, 0.25) is 0 Å². The number of benzene rings is 1. The Bertz CT molecular complexity index is 425. The quantitative estimate of drug-likeness (QED) is 0.741. The van der Waals surface area contributed by atoms with Crippen LogP contribution in [0, 0.1) is 23.1 Å². The molecular weight excluding hydrogens is 217 g/mol. The van der Waals surface area contributed by atoms with E-state index in [0.717, 1.165) is 6.07 Å². The van der Waals surface area contributed by atoms with Gasteiger partial charge in [0, 0.05) is 5.56 Å². The summed E-state index contributed by atoms with van der Waals surface area (Å²) in [5, 5.41) is 8.60. The number of hydrogen-bond acceptors (Lipinski definition) is 2. The molecule has 1 unspecified atom stereocenters. The Balaban J connectivity index is 3.02. The van der Waals surface area contributed by atoms with Crippen LogP contribution in [0.1, 0.15) is 23.7 Å². The van der Waals surface area contributed by atoms with Crippen LogP contribution in [0.25, 0.3) is 0 Å². The first-order valence-corrected chi connectivity index (χ1v) is 4.86. The molecule has 0 amide bonds. The van der Waals surface area contributed by atoms with E-state index < -0.39 is 11.7 Å². The molecule has 0 saturated heterocycles. The lowest BCUT2D eigenvalue weighted by molar-refractivity contribution is 0.0946. The highest BCUT2D eigenvalue weighted by Gasteiger charge is 2.18. The van der Waals surface area contributed by atoms with E-state index in [9.17, 15) is 9.18 Å². The zero-order valence-corrected chi connectivity index (χ0v) is 8.88. The fraction of sp³-hybridized carbons (Fsp3) is 0.273. The third kappa shape index (κ3) is 2.54. The van der Waals surface area contributed by atoms with Gasteiger partial charge in [-0.2, -0.15) is 5.26 Å². The van der Waals surface area contributed by atoms with E-state index in [1.54, 1.807) is 6.92 Å². The van der Waals surface area contributed by atoms with Crippen LogP contribution >= 0.6 is 11.6 Å². The molecule has 1 aromatic carbocycles. The van der Waals surface area contributed by atoms with Gasteiger partial charge < -0.3 is 0 Å². The lowest BCUT2D eigenvalue weighted by Crippen LogP contribution is -2.11. The molecule has 1 aromatic rings. The van der Waals surface area contributed by atoms with Crippen LogP contribution in [0.3, 0.4) is 0 Å². The van der Waals surface area contributed by atoms with E-state index in [-0.39, 0.29) is 16.4 Å². The van der Waals surface area contributed by atoms with Crippen molar-refractivity contribution in [1.29, 1.82) is 5.26 Å². The van der Waals surface area contributed by atoms with Crippen molar-refractivity contribution in [3.8, 4) is 6.07 Å². The summed E-state index contributed by atoms with van der Waals surface area (Å²) in [5.41, 5.74) is 0.273. The summed E-state index contributed by atoms with van der Waals surface area (Å²) < 4.78 is 12.8. The van der Waals surface area contributed by atoms with Gasteiger partial charge in [0.15, 0.2) is 5.78 Å². The number of ketones is 1. The third-order valence-electron chi connectivity index (χ3n) is 2.08. The summed E-state index contributed by atoms with van der Waals surface area (Å²) in [7, 11) is 0. The average Bonchev–Trinajstić information content (AvgIpc) is 2.23. The van der Waals surface area contributed by atoms with Gasteiger partial charge in [0.1, 0.15) is 11.7 Å². The average molecular weight is 226 g/mol. The second-order valence-corrected chi connectivity index (χ2v) is 3.49. The summed E-state index contributed by atoms with van der Waals surface area (Å²) in [6.07, 6.45) is 0.435. The Morgan fingerprint density at radius 1 is 1.67 bits per heavy atom. The molecule has 15 heavy (non-hydrogen) atoms. The van der Waals surface area contributed by atoms with Crippen molar-refractivity contribution < 1.29 is 9.18 Å². The summed E-state index contributed by atoms with van der Waals surface area (Å²) in [5.74, 6) is -1.58. The topological polar surface area (TPSA) is 40.9 Å². The van der Waals surface area contributed by atoms with E-state index in [1.165, 1.54) is 12.1 Å². The van der Waals surface area contributed by atoms with Crippen molar-refractivity contribution in [1.82, 2.24) is 0 Å². The van der Waals surface area contributed by atoms with Crippen LogP contribution in [0.4, 0.5) is 4.39 Å². The molecule has 0 radical (unpaired) electrons. The van der Waals surface area contributed by atoms with Crippen molar-refractivity contribution in [2.75, 3.05) is 0 Å². The summed E-state index contributed by atoms with van der Waals surface area (Å²) in [6.45, 7) is 1.75. The van der Waals surface area contributed by atoms with Crippen molar-refractivity contribution in [2.45, 2.75) is 13.3 Å². The highest BCUT2D eigenvalue weighted by atomic mass is 35.5. The number of rotatable bonds is 3. The maximum absolute atomic E-state index is 12.8. The van der Waals surface area contributed by atoms with Crippen LogP contribution in [0.15, 0.2) is 18.2 Å². The second-order valence-electron chi connectivity index (χ2n) is 3.08. The molecule has 0 spiro atoms. The predicted octanol–water partition coefficient (Wildman–Crippen LogP) is 3.21. The molecule has 2 nitrogen and oxygen atoms in total. The molecule has 0 aliphatic carbocycles. The van der Waals surface area contributed by atoms with Gasteiger partial charge in [0.05, 0.1) is 11.1 Å². The number of carbonyl (C=O) groups is 1. The Labute approximate surface area is 92.3 Å². The summed E-state index contributed by atoms with van der Waals surface area (Å²) in [4.78, 5) is 11.7. The van der Waals surface area contributed by atoms with Crippen LogP contribution < -0.4 is 0 Å². The maximum Gasteiger partial charge on any atom is 0.180 e. The molecule has 0 fully saturated rings. The van der Waals surface area contributed by atoms with E-state index in [0.29, 0.717) is 6.42 Å².